The van der Waals surface area contributed by atoms with Gasteiger partial charge in [-0.25, -0.2) is 14.5 Å². The topological polar surface area (TPSA) is 105 Å². The Morgan fingerprint density at radius 1 is 1.39 bits per heavy atom. The summed E-state index contributed by atoms with van der Waals surface area (Å²) in [6.07, 6.45) is 0.817. The molecule has 1 aliphatic rings. The van der Waals surface area contributed by atoms with Gasteiger partial charge in [0.15, 0.2) is 12.4 Å². The maximum absolute atomic E-state index is 12.1. The highest BCUT2D eigenvalue weighted by molar-refractivity contribution is 5.82. The molecule has 2 atom stereocenters. The third kappa shape index (κ3) is 4.36. The molecule has 0 aromatic carbocycles. The van der Waals surface area contributed by atoms with Crippen LogP contribution in [0.25, 0.3) is 11.4 Å². The smallest absolute Gasteiger partial charge is 0.335 e. The van der Waals surface area contributed by atoms with Gasteiger partial charge in [-0.2, -0.15) is 0 Å². The Balaban J connectivity index is 1.71. The van der Waals surface area contributed by atoms with Crippen LogP contribution >= 0.6 is 0 Å². The Bertz CT molecular complexity index is 864. The molecule has 2 aromatic rings. The zero-order chi connectivity index (χ0) is 20.3. The number of aryl methyl sites for hydroxylation is 2. The third-order valence-corrected chi connectivity index (χ3v) is 4.41. The lowest BCUT2D eigenvalue weighted by atomic mass is 10.1. The first-order chi connectivity index (χ1) is 13.4. The summed E-state index contributed by atoms with van der Waals surface area (Å²) in [5.41, 5.74) is 1.99. The van der Waals surface area contributed by atoms with Crippen LogP contribution in [0.15, 0.2) is 12.1 Å². The van der Waals surface area contributed by atoms with E-state index in [1.165, 1.54) is 4.68 Å². The van der Waals surface area contributed by atoms with Gasteiger partial charge in [0.2, 0.25) is 0 Å². The molecule has 2 unspecified atom stereocenters. The highest BCUT2D eigenvalue weighted by Crippen LogP contribution is 2.27. The molecule has 0 amide bonds. The van der Waals surface area contributed by atoms with Crippen molar-refractivity contribution in [2.75, 3.05) is 6.61 Å². The van der Waals surface area contributed by atoms with Crippen LogP contribution in [-0.4, -0.2) is 57.2 Å². The fourth-order valence-electron chi connectivity index (χ4n) is 3.01. The first kappa shape index (κ1) is 19.9. The second-order valence-electron chi connectivity index (χ2n) is 6.95. The first-order valence-electron chi connectivity index (χ1n) is 9.20. The maximum atomic E-state index is 12.1. The van der Waals surface area contributed by atoms with Crippen molar-refractivity contribution in [3.05, 3.63) is 23.5 Å². The predicted molar refractivity (Wildman–Crippen MR) is 99.0 cm³/mol. The summed E-state index contributed by atoms with van der Waals surface area (Å²) in [6, 6.07) is 3.53. The zero-order valence-corrected chi connectivity index (χ0v) is 16.4. The number of esters is 1. The Labute approximate surface area is 163 Å². The van der Waals surface area contributed by atoms with Crippen LogP contribution in [-0.2, 0) is 21.3 Å². The van der Waals surface area contributed by atoms with Gasteiger partial charge in [0.05, 0.1) is 24.1 Å². The van der Waals surface area contributed by atoms with Crippen LogP contribution in [0.4, 0.5) is 0 Å². The second kappa shape index (κ2) is 8.47. The summed E-state index contributed by atoms with van der Waals surface area (Å²) < 4.78 is 18.2. The lowest BCUT2D eigenvalue weighted by Gasteiger charge is -2.29. The van der Waals surface area contributed by atoms with Crippen molar-refractivity contribution in [1.82, 2.24) is 20.0 Å². The van der Waals surface area contributed by atoms with Crippen molar-refractivity contribution in [2.45, 2.75) is 51.9 Å². The van der Waals surface area contributed by atoms with Crippen LogP contribution < -0.4 is 4.74 Å². The van der Waals surface area contributed by atoms with Crippen LogP contribution in [0.1, 0.15) is 42.9 Å². The predicted octanol–water partition coefficient (Wildman–Crippen LogP) is 1.88. The minimum Gasteiger partial charge on any atom is -0.488 e. The normalized spacial score (nSPS) is 19.5. The highest BCUT2D eigenvalue weighted by Gasteiger charge is 2.31. The second-order valence-corrected chi connectivity index (χ2v) is 6.95. The molecule has 150 valence electrons. The number of hydrogen-bond acceptors (Lipinski definition) is 8. The first-order valence-corrected chi connectivity index (χ1v) is 9.20. The molecule has 28 heavy (non-hydrogen) atoms. The van der Waals surface area contributed by atoms with Crippen molar-refractivity contribution >= 4 is 12.3 Å². The zero-order valence-electron chi connectivity index (χ0n) is 16.4. The summed E-state index contributed by atoms with van der Waals surface area (Å²) in [5, 5.41) is 7.87. The molecule has 3 rings (SSSR count). The SMILES string of the molecule is Cc1nc(-c2nnn(C)c2C=O)ccc1OC1CCOC(C(=O)OC(C)C)C1. The quantitative estimate of drug-likeness (QED) is 0.545. The molecule has 0 aliphatic carbocycles. The van der Waals surface area contributed by atoms with Crippen LogP contribution in [0, 0.1) is 6.92 Å². The number of ether oxygens (including phenoxy) is 3. The number of rotatable bonds is 6. The van der Waals surface area contributed by atoms with Gasteiger partial charge in [0, 0.05) is 19.9 Å². The standard InChI is InChI=1S/C19H24N4O5/c1-11(2)27-19(25)17-9-13(7-8-26-17)28-16-6-5-14(20-12(16)3)18-15(10-24)23(4)22-21-18/h5-6,10-11,13,17H,7-9H2,1-4H3. The number of carbonyl (C=O) groups excluding carboxylic acids is 2. The van der Waals surface area contributed by atoms with Gasteiger partial charge in [-0.1, -0.05) is 5.21 Å². The minimum atomic E-state index is -0.622. The van der Waals surface area contributed by atoms with Gasteiger partial charge in [-0.15, -0.1) is 5.10 Å². The van der Waals surface area contributed by atoms with E-state index in [1.54, 1.807) is 33.0 Å². The fraction of sp³-hybridized carbons (Fsp3) is 0.526. The Morgan fingerprint density at radius 3 is 2.86 bits per heavy atom. The lowest BCUT2D eigenvalue weighted by molar-refractivity contribution is -0.167. The average molecular weight is 388 g/mol. The van der Waals surface area contributed by atoms with E-state index in [2.05, 4.69) is 15.3 Å². The largest absolute Gasteiger partial charge is 0.488 e. The molecular weight excluding hydrogens is 364 g/mol. The van der Waals surface area contributed by atoms with E-state index < -0.39 is 6.10 Å². The van der Waals surface area contributed by atoms with Gasteiger partial charge in [-0.3, -0.25) is 4.79 Å². The number of nitrogens with zero attached hydrogens (tertiary/aromatic N) is 4. The summed E-state index contributed by atoms with van der Waals surface area (Å²) in [4.78, 5) is 27.8. The van der Waals surface area contributed by atoms with Crippen molar-refractivity contribution in [2.24, 2.45) is 7.05 Å². The molecule has 3 heterocycles. The Kier molecular flexibility index (Phi) is 6.03. The van der Waals surface area contributed by atoms with E-state index in [0.29, 0.717) is 54.3 Å². The maximum Gasteiger partial charge on any atom is 0.335 e. The van der Waals surface area contributed by atoms with E-state index >= 15 is 0 Å². The molecule has 1 fully saturated rings. The van der Waals surface area contributed by atoms with Crippen molar-refractivity contribution in [3.63, 3.8) is 0 Å². The lowest BCUT2D eigenvalue weighted by Crippen LogP contribution is -2.39. The van der Waals surface area contributed by atoms with Crippen LogP contribution in [0.3, 0.4) is 0 Å². The molecule has 9 nitrogen and oxygen atoms in total. The molecule has 1 saturated heterocycles. The van der Waals surface area contributed by atoms with E-state index in [9.17, 15) is 9.59 Å². The summed E-state index contributed by atoms with van der Waals surface area (Å²) in [6.45, 7) is 5.85. The summed E-state index contributed by atoms with van der Waals surface area (Å²) >= 11 is 0. The number of hydrogen-bond donors (Lipinski definition) is 0. The monoisotopic (exact) mass is 388 g/mol. The summed E-state index contributed by atoms with van der Waals surface area (Å²) in [5.74, 6) is 0.251. The van der Waals surface area contributed by atoms with Gasteiger partial charge >= 0.3 is 5.97 Å². The van der Waals surface area contributed by atoms with Crippen LogP contribution in [0.2, 0.25) is 0 Å². The Hall–Kier alpha value is -2.81. The molecule has 0 bridgehead atoms. The van der Waals surface area contributed by atoms with Crippen molar-refractivity contribution in [3.8, 4) is 17.1 Å². The summed E-state index contributed by atoms with van der Waals surface area (Å²) in [7, 11) is 1.65. The molecule has 0 radical (unpaired) electrons. The number of aromatic nitrogens is 4. The van der Waals surface area contributed by atoms with Crippen molar-refractivity contribution in [1.29, 1.82) is 0 Å². The highest BCUT2D eigenvalue weighted by atomic mass is 16.6. The van der Waals surface area contributed by atoms with Crippen LogP contribution in [0.5, 0.6) is 5.75 Å². The minimum absolute atomic E-state index is 0.174. The number of pyridine rings is 1. The van der Waals surface area contributed by atoms with E-state index in [1.807, 2.05) is 6.92 Å². The van der Waals surface area contributed by atoms with Gasteiger partial charge in [0.25, 0.3) is 0 Å². The molecule has 0 saturated carbocycles. The van der Waals surface area contributed by atoms with Gasteiger partial charge in [0.1, 0.15) is 23.2 Å². The van der Waals surface area contributed by atoms with E-state index in [-0.39, 0.29) is 18.2 Å². The number of aldehydes is 1. The van der Waals surface area contributed by atoms with Crippen molar-refractivity contribution < 1.29 is 23.8 Å². The molecule has 0 spiro atoms. The molecule has 2 aromatic heterocycles. The molecule has 9 heteroatoms. The third-order valence-electron chi connectivity index (χ3n) is 4.41. The van der Waals surface area contributed by atoms with E-state index in [0.717, 1.165) is 0 Å². The fourth-order valence-corrected chi connectivity index (χ4v) is 3.01. The van der Waals surface area contributed by atoms with Gasteiger partial charge in [-0.05, 0) is 32.9 Å². The average Bonchev–Trinajstić information content (AvgIpc) is 3.03. The number of carbonyl (C=O) groups is 2. The molecule has 0 N–H and O–H groups in total. The Morgan fingerprint density at radius 2 is 2.18 bits per heavy atom. The van der Waals surface area contributed by atoms with E-state index in [4.69, 9.17) is 14.2 Å². The molecular formula is C19H24N4O5. The van der Waals surface area contributed by atoms with Gasteiger partial charge < -0.3 is 14.2 Å². The molecule has 1 aliphatic heterocycles.